The molecular formula is C43H49F2N11O6. The van der Waals surface area contributed by atoms with Gasteiger partial charge in [0.05, 0.1) is 54.6 Å². The molecule has 2 fully saturated rings. The third-order valence-corrected chi connectivity index (χ3v) is 11.2. The lowest BCUT2D eigenvalue weighted by molar-refractivity contribution is -0.135. The number of fused-ring (bicyclic) bond motifs is 2. The second-order valence-electron chi connectivity index (χ2n) is 15.4. The zero-order valence-electron chi connectivity index (χ0n) is 34.4. The molecule has 3 amide bonds. The summed E-state index contributed by atoms with van der Waals surface area (Å²) in [6.45, 7) is 4.77. The van der Waals surface area contributed by atoms with Gasteiger partial charge in [-0.3, -0.25) is 28.8 Å². The Morgan fingerprint density at radius 3 is 2.55 bits per heavy atom. The lowest BCUT2D eigenvalue weighted by Crippen LogP contribution is -2.44. The van der Waals surface area contributed by atoms with E-state index in [2.05, 4.69) is 36.0 Å². The summed E-state index contributed by atoms with van der Waals surface area (Å²) < 4.78 is 45.6. The maximum atomic E-state index is 14.1. The number of hydrogen-bond donors (Lipinski definition) is 3. The Kier molecular flexibility index (Phi) is 13.1. The number of nitrogens with one attached hydrogen (secondary N) is 3. The molecule has 2 aromatic carbocycles. The predicted molar refractivity (Wildman–Crippen MR) is 226 cm³/mol. The fourth-order valence-corrected chi connectivity index (χ4v) is 8.07. The van der Waals surface area contributed by atoms with Gasteiger partial charge >= 0.3 is 5.69 Å². The smallest absolute Gasteiger partial charge is 0.329 e. The van der Waals surface area contributed by atoms with Gasteiger partial charge in [-0.05, 0) is 73.9 Å². The number of ether oxygens (including phenoxy) is 2. The number of rotatable bonds is 18. The standard InChI is InChI=1S/C43H49F2N11O6/c1-52-38-29(7-5-9-33(38)56(43(52)60)34-14-15-36(57)50-42(34)59)8-6-21-61-23-24-62-22-17-46-25-28-10-12-30(13-11-28)55-27-32(37(51-55)39(44)45)48-41(58)31-26-47-54-20-16-35(49-40(31)54)53-18-3-2-4-19-53/h5,7,9-13,16,20,26-27,34,39,46H,2-4,6,8,14-15,17-19,21-25H2,1H3,(H,48,58)(H,50,57,59). The number of alkyl halides is 2. The van der Waals surface area contributed by atoms with E-state index in [4.69, 9.17) is 9.47 Å². The van der Waals surface area contributed by atoms with Crippen molar-refractivity contribution < 1.29 is 32.6 Å². The molecule has 0 saturated carbocycles. The molecule has 6 heterocycles. The SMILES string of the molecule is Cn1c(=O)n(C2CCC(=O)NC2=O)c2cccc(CCCOCCOCCNCc3ccc(-n4cc(NC(=O)c5cnn6ccc(N7CCCCC7)nc56)c(C(F)F)n4)cc3)c21. The highest BCUT2D eigenvalue weighted by atomic mass is 19.3. The van der Waals surface area contributed by atoms with Crippen molar-refractivity contribution in [3.05, 3.63) is 100.0 Å². The molecule has 2 saturated heterocycles. The number of benzene rings is 2. The van der Waals surface area contributed by atoms with Crippen molar-refractivity contribution in [1.29, 1.82) is 0 Å². The van der Waals surface area contributed by atoms with Crippen LogP contribution >= 0.6 is 0 Å². The number of hydrogen-bond acceptors (Lipinski definition) is 11. The number of anilines is 2. The molecule has 62 heavy (non-hydrogen) atoms. The number of amides is 3. The summed E-state index contributed by atoms with van der Waals surface area (Å²) in [6, 6.07) is 14.1. The topological polar surface area (TPSA) is 184 Å². The third kappa shape index (κ3) is 9.29. The molecule has 326 valence electrons. The van der Waals surface area contributed by atoms with Crippen molar-refractivity contribution in [3.8, 4) is 5.69 Å². The van der Waals surface area contributed by atoms with Gasteiger partial charge in [0.15, 0.2) is 11.3 Å². The number of imidazole rings is 1. The van der Waals surface area contributed by atoms with Gasteiger partial charge in [0.1, 0.15) is 17.4 Å². The first-order valence-electron chi connectivity index (χ1n) is 20.9. The molecule has 3 N–H and O–H groups in total. The monoisotopic (exact) mass is 853 g/mol. The van der Waals surface area contributed by atoms with Gasteiger partial charge in [0.2, 0.25) is 11.8 Å². The normalized spacial score (nSPS) is 15.9. The quantitative estimate of drug-likeness (QED) is 0.0819. The van der Waals surface area contributed by atoms with Crippen LogP contribution in [0.1, 0.15) is 78.2 Å². The van der Waals surface area contributed by atoms with Gasteiger partial charge in [0, 0.05) is 52.5 Å². The summed E-state index contributed by atoms with van der Waals surface area (Å²) in [6.07, 6.45) is 6.77. The van der Waals surface area contributed by atoms with Gasteiger partial charge in [-0.1, -0.05) is 24.3 Å². The summed E-state index contributed by atoms with van der Waals surface area (Å²) in [5, 5.41) is 16.6. The Hall–Kier alpha value is -6.31. The second-order valence-corrected chi connectivity index (χ2v) is 15.4. The molecule has 0 spiro atoms. The molecule has 1 unspecified atom stereocenters. The number of piperidine rings is 2. The Labute approximate surface area is 355 Å². The van der Waals surface area contributed by atoms with Gasteiger partial charge in [-0.2, -0.15) is 10.2 Å². The minimum absolute atomic E-state index is 0.101. The molecule has 2 aliphatic rings. The van der Waals surface area contributed by atoms with E-state index in [0.29, 0.717) is 62.8 Å². The summed E-state index contributed by atoms with van der Waals surface area (Å²) in [7, 11) is 1.69. The first-order valence-corrected chi connectivity index (χ1v) is 20.9. The van der Waals surface area contributed by atoms with Crippen LogP contribution < -0.4 is 26.5 Å². The fourth-order valence-electron chi connectivity index (χ4n) is 8.07. The summed E-state index contributed by atoms with van der Waals surface area (Å²) >= 11 is 0. The van der Waals surface area contributed by atoms with E-state index in [9.17, 15) is 28.0 Å². The molecular weight excluding hydrogens is 805 g/mol. The van der Waals surface area contributed by atoms with Crippen molar-refractivity contribution in [2.75, 3.05) is 56.3 Å². The summed E-state index contributed by atoms with van der Waals surface area (Å²) in [5.41, 5.74) is 3.52. The number of carbonyl (C=O) groups excluding carboxylic acids is 3. The average molecular weight is 854 g/mol. The van der Waals surface area contributed by atoms with E-state index >= 15 is 0 Å². The van der Waals surface area contributed by atoms with E-state index in [-0.39, 0.29) is 35.7 Å². The van der Waals surface area contributed by atoms with Gasteiger partial charge in [-0.15, -0.1) is 0 Å². The highest BCUT2D eigenvalue weighted by Gasteiger charge is 2.31. The van der Waals surface area contributed by atoms with E-state index in [1.54, 1.807) is 29.9 Å². The van der Waals surface area contributed by atoms with Gasteiger partial charge < -0.3 is 25.0 Å². The van der Waals surface area contributed by atoms with Gasteiger partial charge in [0.25, 0.3) is 12.3 Å². The van der Waals surface area contributed by atoms with Crippen LogP contribution in [0, 0.1) is 0 Å². The number of aromatic nitrogens is 7. The number of carbonyl (C=O) groups is 3. The van der Waals surface area contributed by atoms with Crippen LogP contribution in [0.2, 0.25) is 0 Å². The van der Waals surface area contributed by atoms with Crippen LogP contribution in [0.15, 0.2) is 71.9 Å². The fraction of sp³-hybridized carbons (Fsp3) is 0.419. The number of imide groups is 1. The molecule has 6 aromatic rings. The minimum Gasteiger partial charge on any atom is -0.379 e. The largest absolute Gasteiger partial charge is 0.379 e. The van der Waals surface area contributed by atoms with Crippen molar-refractivity contribution in [2.24, 2.45) is 7.05 Å². The zero-order valence-corrected chi connectivity index (χ0v) is 34.4. The minimum atomic E-state index is -2.92. The Balaban J connectivity index is 0.753. The van der Waals surface area contributed by atoms with Crippen LogP contribution in [0.25, 0.3) is 22.4 Å². The Bertz CT molecular complexity index is 2610. The van der Waals surface area contributed by atoms with Crippen LogP contribution in [0.4, 0.5) is 20.3 Å². The average Bonchev–Trinajstić information content (AvgIpc) is 3.97. The number of nitrogens with zero attached hydrogens (tertiary/aromatic N) is 8. The summed E-state index contributed by atoms with van der Waals surface area (Å²) in [5.74, 6) is -0.644. The first-order chi connectivity index (χ1) is 30.2. The van der Waals surface area contributed by atoms with Crippen LogP contribution in [0.3, 0.4) is 0 Å². The van der Waals surface area contributed by atoms with Gasteiger partial charge in [-0.25, -0.2) is 27.8 Å². The zero-order chi connectivity index (χ0) is 43.2. The van der Waals surface area contributed by atoms with Crippen molar-refractivity contribution in [1.82, 2.24) is 44.1 Å². The van der Waals surface area contributed by atoms with E-state index < -0.39 is 30.0 Å². The molecule has 19 heteroatoms. The molecule has 4 aromatic heterocycles. The van der Waals surface area contributed by atoms with Crippen molar-refractivity contribution >= 4 is 45.9 Å². The molecule has 0 radical (unpaired) electrons. The highest BCUT2D eigenvalue weighted by molar-refractivity contribution is 6.08. The van der Waals surface area contributed by atoms with Crippen LogP contribution in [0.5, 0.6) is 0 Å². The van der Waals surface area contributed by atoms with Crippen molar-refractivity contribution in [3.63, 3.8) is 0 Å². The number of para-hydroxylation sites is 1. The van der Waals surface area contributed by atoms with Crippen LogP contribution in [-0.2, 0) is 39.1 Å². The van der Waals surface area contributed by atoms with E-state index in [0.717, 1.165) is 54.8 Å². The Morgan fingerprint density at radius 1 is 0.984 bits per heavy atom. The number of halogens is 2. The van der Waals surface area contributed by atoms with E-state index in [1.165, 1.54) is 32.6 Å². The number of aryl methyl sites for hydroxylation is 2. The molecule has 8 rings (SSSR count). The predicted octanol–water partition coefficient (Wildman–Crippen LogP) is 4.48. The molecule has 17 nitrogen and oxygen atoms in total. The maximum absolute atomic E-state index is 14.1. The maximum Gasteiger partial charge on any atom is 0.329 e. The van der Waals surface area contributed by atoms with Crippen LogP contribution in [-0.4, -0.2) is 97.3 Å². The lowest BCUT2D eigenvalue weighted by atomic mass is 10.0. The lowest BCUT2D eigenvalue weighted by Gasteiger charge is -2.27. The molecule has 0 aliphatic carbocycles. The molecule has 2 aliphatic heterocycles. The van der Waals surface area contributed by atoms with Crippen molar-refractivity contribution in [2.45, 2.75) is 64.0 Å². The van der Waals surface area contributed by atoms with E-state index in [1.807, 2.05) is 36.4 Å². The summed E-state index contributed by atoms with van der Waals surface area (Å²) in [4.78, 5) is 57.6. The Morgan fingerprint density at radius 2 is 1.77 bits per heavy atom. The second kappa shape index (κ2) is 19.2. The molecule has 1 atom stereocenters. The third-order valence-electron chi connectivity index (χ3n) is 11.2. The first kappa shape index (κ1) is 42.4. The molecule has 0 bridgehead atoms. The highest BCUT2D eigenvalue weighted by Crippen LogP contribution is 2.29.